The molecule has 0 bridgehead atoms. The molecule has 4 heteroatoms. The zero-order chi connectivity index (χ0) is 11.5. The lowest BCUT2D eigenvalue weighted by Crippen LogP contribution is -2.48. The van der Waals surface area contributed by atoms with Crippen LogP contribution >= 0.6 is 0 Å². The lowest BCUT2D eigenvalue weighted by Gasteiger charge is -2.37. The lowest BCUT2D eigenvalue weighted by molar-refractivity contribution is 0.119. The maximum Gasteiger partial charge on any atom is 0.122 e. The first-order chi connectivity index (χ1) is 7.68. The molecule has 1 aliphatic rings. The van der Waals surface area contributed by atoms with Crippen molar-refractivity contribution in [2.24, 2.45) is 12.8 Å². The van der Waals surface area contributed by atoms with Crippen molar-refractivity contribution in [1.29, 1.82) is 0 Å². The van der Waals surface area contributed by atoms with E-state index >= 15 is 0 Å². The van der Waals surface area contributed by atoms with Crippen molar-refractivity contribution >= 4 is 0 Å². The second kappa shape index (κ2) is 4.97. The first-order valence-corrected chi connectivity index (χ1v) is 6.14. The van der Waals surface area contributed by atoms with Crippen LogP contribution in [0.5, 0.6) is 0 Å². The first-order valence-electron chi connectivity index (χ1n) is 6.14. The summed E-state index contributed by atoms with van der Waals surface area (Å²) in [5.74, 6) is 1.13. The molecule has 0 radical (unpaired) electrons. The summed E-state index contributed by atoms with van der Waals surface area (Å²) in [6.45, 7) is 4.19. The summed E-state index contributed by atoms with van der Waals surface area (Å²) >= 11 is 0. The van der Waals surface area contributed by atoms with Crippen molar-refractivity contribution in [3.05, 3.63) is 18.2 Å². The van der Waals surface area contributed by atoms with Gasteiger partial charge in [0.15, 0.2) is 0 Å². The summed E-state index contributed by atoms with van der Waals surface area (Å²) in [4.78, 5) is 6.87. The number of aromatic nitrogens is 2. The van der Waals surface area contributed by atoms with E-state index in [1.807, 2.05) is 19.4 Å². The van der Waals surface area contributed by atoms with E-state index in [1.54, 1.807) is 0 Å². The van der Waals surface area contributed by atoms with Crippen LogP contribution < -0.4 is 5.73 Å². The van der Waals surface area contributed by atoms with Crippen LogP contribution in [0.15, 0.2) is 12.4 Å². The van der Waals surface area contributed by atoms with Gasteiger partial charge in [-0.1, -0.05) is 6.42 Å². The fraction of sp³-hybridized carbons (Fsp3) is 0.750. The number of nitrogens with zero attached hydrogens (tertiary/aromatic N) is 3. The molecule has 0 spiro atoms. The Balaban J connectivity index is 2.04. The Hall–Kier alpha value is -0.870. The van der Waals surface area contributed by atoms with E-state index in [4.69, 9.17) is 5.73 Å². The maximum atomic E-state index is 6.06. The van der Waals surface area contributed by atoms with Crippen molar-refractivity contribution in [2.45, 2.75) is 44.8 Å². The fourth-order valence-corrected chi connectivity index (χ4v) is 2.54. The van der Waals surface area contributed by atoms with Gasteiger partial charge in [0, 0.05) is 31.5 Å². The molecule has 0 aromatic carbocycles. The molecule has 2 N–H and O–H groups in total. The molecule has 0 amide bonds. The Bertz CT molecular complexity index is 332. The number of piperidine rings is 1. The van der Waals surface area contributed by atoms with Gasteiger partial charge < -0.3 is 10.3 Å². The highest BCUT2D eigenvalue weighted by molar-refractivity contribution is 4.94. The van der Waals surface area contributed by atoms with Gasteiger partial charge in [0.2, 0.25) is 0 Å². The first kappa shape index (κ1) is 11.6. The topological polar surface area (TPSA) is 47.1 Å². The van der Waals surface area contributed by atoms with Crippen molar-refractivity contribution in [3.63, 3.8) is 0 Å². The van der Waals surface area contributed by atoms with Gasteiger partial charge >= 0.3 is 0 Å². The van der Waals surface area contributed by atoms with Crippen molar-refractivity contribution < 1.29 is 0 Å². The summed E-state index contributed by atoms with van der Waals surface area (Å²) < 4.78 is 2.09. The Labute approximate surface area is 97.4 Å². The molecule has 2 heterocycles. The van der Waals surface area contributed by atoms with Crippen LogP contribution in [-0.2, 0) is 13.6 Å². The third kappa shape index (κ3) is 2.44. The van der Waals surface area contributed by atoms with Gasteiger partial charge in [0.25, 0.3) is 0 Å². The van der Waals surface area contributed by atoms with E-state index in [1.165, 1.54) is 19.3 Å². The number of imidazole rings is 1. The minimum atomic E-state index is 0.251. The average Bonchev–Trinajstić information content (AvgIpc) is 2.65. The van der Waals surface area contributed by atoms with Crippen LogP contribution in [0, 0.1) is 0 Å². The highest BCUT2D eigenvalue weighted by Crippen LogP contribution is 2.20. The quantitative estimate of drug-likeness (QED) is 0.833. The smallest absolute Gasteiger partial charge is 0.122 e. The average molecular weight is 222 g/mol. The van der Waals surface area contributed by atoms with Crippen molar-refractivity contribution in [2.75, 3.05) is 6.54 Å². The lowest BCUT2D eigenvalue weighted by atomic mass is 9.97. The second-order valence-corrected chi connectivity index (χ2v) is 4.85. The summed E-state index contributed by atoms with van der Waals surface area (Å²) in [6, 6.07) is 0.769. The predicted molar refractivity (Wildman–Crippen MR) is 64.9 cm³/mol. The molecule has 90 valence electrons. The summed E-state index contributed by atoms with van der Waals surface area (Å²) in [5.41, 5.74) is 6.06. The Morgan fingerprint density at radius 2 is 2.38 bits per heavy atom. The van der Waals surface area contributed by atoms with Crippen LogP contribution in [-0.4, -0.2) is 33.1 Å². The molecule has 1 aromatic rings. The molecule has 2 rings (SSSR count). The maximum absolute atomic E-state index is 6.06. The van der Waals surface area contributed by atoms with E-state index < -0.39 is 0 Å². The summed E-state index contributed by atoms with van der Waals surface area (Å²) in [7, 11) is 2.05. The van der Waals surface area contributed by atoms with Gasteiger partial charge in [-0.15, -0.1) is 0 Å². The molecule has 2 unspecified atom stereocenters. The zero-order valence-corrected chi connectivity index (χ0v) is 10.3. The van der Waals surface area contributed by atoms with Crippen LogP contribution in [0.4, 0.5) is 0 Å². The van der Waals surface area contributed by atoms with Crippen LogP contribution in [0.2, 0.25) is 0 Å². The Morgan fingerprint density at radius 3 is 3.00 bits per heavy atom. The SMILES string of the molecule is CC(N)C1CCCCN1Cc1nccn1C. The minimum absolute atomic E-state index is 0.251. The third-order valence-corrected chi connectivity index (χ3v) is 3.54. The summed E-state index contributed by atoms with van der Waals surface area (Å²) in [5, 5.41) is 0. The van der Waals surface area contributed by atoms with Crippen LogP contribution in [0.3, 0.4) is 0 Å². The van der Waals surface area contributed by atoms with Crippen molar-refractivity contribution in [3.8, 4) is 0 Å². The van der Waals surface area contributed by atoms with E-state index in [9.17, 15) is 0 Å². The van der Waals surface area contributed by atoms with Gasteiger partial charge in [0.05, 0.1) is 6.54 Å². The van der Waals surface area contributed by atoms with Crippen LogP contribution in [0.1, 0.15) is 32.0 Å². The van der Waals surface area contributed by atoms with E-state index in [2.05, 4.69) is 21.4 Å². The highest BCUT2D eigenvalue weighted by atomic mass is 15.2. The number of rotatable bonds is 3. The highest BCUT2D eigenvalue weighted by Gasteiger charge is 2.25. The van der Waals surface area contributed by atoms with Gasteiger partial charge in [0.1, 0.15) is 5.82 Å². The van der Waals surface area contributed by atoms with Gasteiger partial charge in [-0.3, -0.25) is 4.90 Å². The molecular formula is C12H22N4. The summed E-state index contributed by atoms with van der Waals surface area (Å²) in [6.07, 6.45) is 7.68. The Kier molecular flexibility index (Phi) is 3.61. The van der Waals surface area contributed by atoms with Crippen LogP contribution in [0.25, 0.3) is 0 Å². The monoisotopic (exact) mass is 222 g/mol. The molecule has 2 atom stereocenters. The van der Waals surface area contributed by atoms with E-state index in [0.717, 1.165) is 18.9 Å². The molecule has 0 aliphatic carbocycles. The number of hydrogen-bond donors (Lipinski definition) is 1. The predicted octanol–water partition coefficient (Wildman–Crippen LogP) is 1.12. The number of hydrogen-bond acceptors (Lipinski definition) is 3. The number of aryl methyl sites for hydroxylation is 1. The zero-order valence-electron chi connectivity index (χ0n) is 10.3. The molecular weight excluding hydrogens is 200 g/mol. The molecule has 1 fully saturated rings. The molecule has 4 nitrogen and oxygen atoms in total. The fourth-order valence-electron chi connectivity index (χ4n) is 2.54. The second-order valence-electron chi connectivity index (χ2n) is 4.85. The van der Waals surface area contributed by atoms with Gasteiger partial charge in [-0.2, -0.15) is 0 Å². The molecule has 1 saturated heterocycles. The van der Waals surface area contributed by atoms with Gasteiger partial charge in [-0.05, 0) is 26.3 Å². The molecule has 16 heavy (non-hydrogen) atoms. The number of likely N-dealkylation sites (tertiary alicyclic amines) is 1. The molecule has 1 aliphatic heterocycles. The van der Waals surface area contributed by atoms with Crippen molar-refractivity contribution in [1.82, 2.24) is 14.5 Å². The normalized spacial score (nSPS) is 24.6. The molecule has 1 aromatic heterocycles. The third-order valence-electron chi connectivity index (χ3n) is 3.54. The van der Waals surface area contributed by atoms with E-state index in [-0.39, 0.29) is 6.04 Å². The largest absolute Gasteiger partial charge is 0.337 e. The van der Waals surface area contributed by atoms with Gasteiger partial charge in [-0.25, -0.2) is 4.98 Å². The number of nitrogens with two attached hydrogens (primary N) is 1. The minimum Gasteiger partial charge on any atom is -0.337 e. The molecule has 0 saturated carbocycles. The standard InChI is InChI=1S/C12H22N4/c1-10(13)11-5-3-4-7-16(11)9-12-14-6-8-15(12)2/h6,8,10-11H,3-5,7,9,13H2,1-2H3. The van der Waals surface area contributed by atoms with E-state index in [0.29, 0.717) is 6.04 Å². The Morgan fingerprint density at radius 1 is 1.56 bits per heavy atom.